The molecule has 1 saturated carbocycles. The molecular formula is C24H36N4OS2. The van der Waals surface area contributed by atoms with Crippen molar-refractivity contribution in [3.05, 3.63) is 36.9 Å². The maximum atomic E-state index is 6.17. The van der Waals surface area contributed by atoms with Crippen LogP contribution in [0.4, 0.5) is 5.69 Å². The minimum Gasteiger partial charge on any atom is -0.492 e. The molecule has 170 valence electrons. The first-order valence-corrected chi connectivity index (χ1v) is 12.8. The Morgan fingerprint density at radius 2 is 1.90 bits per heavy atom. The van der Waals surface area contributed by atoms with Gasteiger partial charge in [-0.15, -0.1) is 6.58 Å². The number of thioether (sulfide) groups is 1. The van der Waals surface area contributed by atoms with Crippen molar-refractivity contribution in [1.29, 1.82) is 0 Å². The highest BCUT2D eigenvalue weighted by molar-refractivity contribution is 8.13. The van der Waals surface area contributed by atoms with Gasteiger partial charge in [0.05, 0.1) is 0 Å². The summed E-state index contributed by atoms with van der Waals surface area (Å²) in [6, 6.07) is 7.83. The van der Waals surface area contributed by atoms with E-state index in [0.717, 1.165) is 36.8 Å². The second-order valence-electron chi connectivity index (χ2n) is 8.64. The first-order chi connectivity index (χ1) is 15.1. The first-order valence-electron chi connectivity index (χ1n) is 11.4. The molecule has 1 aromatic carbocycles. The zero-order valence-electron chi connectivity index (χ0n) is 18.5. The molecule has 0 radical (unpaired) electrons. The fraction of sp³-hybridized carbons (Fsp3) is 0.583. The lowest BCUT2D eigenvalue weighted by Gasteiger charge is -2.36. The molecule has 1 heterocycles. The summed E-state index contributed by atoms with van der Waals surface area (Å²) < 4.78 is 5.85. The van der Waals surface area contributed by atoms with Crippen LogP contribution in [-0.2, 0) is 0 Å². The predicted octanol–water partition coefficient (Wildman–Crippen LogP) is 5.43. The summed E-state index contributed by atoms with van der Waals surface area (Å²) in [5.41, 5.74) is 7.36. The van der Waals surface area contributed by atoms with Crippen LogP contribution < -0.4 is 15.8 Å². The minimum absolute atomic E-state index is 0.310. The van der Waals surface area contributed by atoms with Gasteiger partial charge in [-0.25, -0.2) is 0 Å². The van der Waals surface area contributed by atoms with E-state index in [2.05, 4.69) is 21.8 Å². The van der Waals surface area contributed by atoms with Gasteiger partial charge in [-0.1, -0.05) is 37.1 Å². The van der Waals surface area contributed by atoms with E-state index in [-0.39, 0.29) is 0 Å². The number of anilines is 1. The molecule has 0 atom stereocenters. The fourth-order valence-corrected chi connectivity index (χ4v) is 5.75. The van der Waals surface area contributed by atoms with Gasteiger partial charge in [-0.05, 0) is 87.1 Å². The molecule has 3 N–H and O–H groups in total. The number of rotatable bonds is 9. The second kappa shape index (κ2) is 12.5. The van der Waals surface area contributed by atoms with E-state index in [1.165, 1.54) is 58.0 Å². The zero-order valence-corrected chi connectivity index (χ0v) is 20.1. The van der Waals surface area contributed by atoms with E-state index in [1.54, 1.807) is 11.8 Å². The first kappa shape index (κ1) is 24.1. The Kier molecular flexibility index (Phi) is 9.68. The number of nitrogens with one attached hydrogen (secondary N) is 1. The number of benzene rings is 1. The van der Waals surface area contributed by atoms with Crippen molar-refractivity contribution in [3.63, 3.8) is 0 Å². The molecule has 0 unspecified atom stereocenters. The smallest absolute Gasteiger partial charge is 0.199 e. The number of likely N-dealkylation sites (tertiary alicyclic amines) is 1. The highest BCUT2D eigenvalue weighted by Gasteiger charge is 2.31. The number of ether oxygens (including phenoxy) is 1. The predicted molar refractivity (Wildman–Crippen MR) is 138 cm³/mol. The summed E-state index contributed by atoms with van der Waals surface area (Å²) in [6.07, 6.45) is 12.1. The van der Waals surface area contributed by atoms with Crippen molar-refractivity contribution in [2.24, 2.45) is 16.1 Å². The van der Waals surface area contributed by atoms with Gasteiger partial charge in [-0.2, -0.15) is 4.99 Å². The van der Waals surface area contributed by atoms with Gasteiger partial charge in [0, 0.05) is 18.0 Å². The number of hydrogen-bond acceptors (Lipinski definition) is 4. The Morgan fingerprint density at radius 1 is 1.19 bits per heavy atom. The molecular weight excluding hydrogens is 424 g/mol. The summed E-state index contributed by atoms with van der Waals surface area (Å²) in [4.78, 5) is 6.83. The lowest BCUT2D eigenvalue weighted by atomic mass is 9.73. The third-order valence-corrected chi connectivity index (χ3v) is 7.55. The molecule has 2 aliphatic rings. The molecule has 0 bridgehead atoms. The van der Waals surface area contributed by atoms with Crippen molar-refractivity contribution < 1.29 is 4.74 Å². The quantitative estimate of drug-likeness (QED) is 0.222. The highest BCUT2D eigenvalue weighted by atomic mass is 32.2. The monoisotopic (exact) mass is 460 g/mol. The zero-order chi connectivity index (χ0) is 21.9. The lowest BCUT2D eigenvalue weighted by Crippen LogP contribution is -2.28. The van der Waals surface area contributed by atoms with Crippen LogP contribution in [0.25, 0.3) is 0 Å². The normalized spacial score (nSPS) is 19.2. The summed E-state index contributed by atoms with van der Waals surface area (Å²) in [5, 5.41) is 4.05. The molecule has 2 fully saturated rings. The molecule has 0 aromatic heterocycles. The standard InChI is InChI=1S/C24H36N4OS2/c1-2-12-24(13-4-3-5-14-24)19-31-22(25)27-23(30)26-20-8-10-21(11-9-20)29-18-17-28-15-6-7-16-28/h2,8-11H,1,3-7,12-19H2,(H3,25,26,27,30). The van der Waals surface area contributed by atoms with Crippen LogP contribution in [0.15, 0.2) is 41.9 Å². The second-order valence-corrected chi connectivity index (χ2v) is 10.0. The van der Waals surface area contributed by atoms with Crippen LogP contribution in [0.1, 0.15) is 51.4 Å². The average molecular weight is 461 g/mol. The van der Waals surface area contributed by atoms with Crippen LogP contribution in [0.5, 0.6) is 5.75 Å². The van der Waals surface area contributed by atoms with Crippen LogP contribution in [0, 0.1) is 5.41 Å². The van der Waals surface area contributed by atoms with Crippen molar-refractivity contribution >= 4 is 39.9 Å². The van der Waals surface area contributed by atoms with E-state index in [1.807, 2.05) is 30.3 Å². The fourth-order valence-electron chi connectivity index (χ4n) is 4.46. The van der Waals surface area contributed by atoms with E-state index in [0.29, 0.717) is 15.7 Å². The van der Waals surface area contributed by atoms with Crippen LogP contribution in [-0.4, -0.2) is 47.2 Å². The minimum atomic E-state index is 0.310. The topological polar surface area (TPSA) is 62.9 Å². The average Bonchev–Trinajstić information content (AvgIpc) is 3.28. The molecule has 7 heteroatoms. The van der Waals surface area contributed by atoms with Gasteiger partial charge in [0.15, 0.2) is 10.3 Å². The number of aliphatic imine (C=N–C) groups is 1. The molecule has 1 aliphatic heterocycles. The van der Waals surface area contributed by atoms with Crippen molar-refractivity contribution in [3.8, 4) is 5.75 Å². The number of amidine groups is 1. The van der Waals surface area contributed by atoms with E-state index < -0.39 is 0 Å². The lowest BCUT2D eigenvalue weighted by molar-refractivity contribution is 0.226. The van der Waals surface area contributed by atoms with E-state index in [9.17, 15) is 0 Å². The largest absolute Gasteiger partial charge is 0.492 e. The Balaban J connectivity index is 1.42. The van der Waals surface area contributed by atoms with Crippen LogP contribution >= 0.6 is 24.0 Å². The number of hydrogen-bond donors (Lipinski definition) is 2. The maximum absolute atomic E-state index is 6.17. The summed E-state index contributed by atoms with van der Waals surface area (Å²) in [7, 11) is 0. The number of thiocarbonyl (C=S) groups is 1. The number of nitrogens with zero attached hydrogens (tertiary/aromatic N) is 2. The molecule has 1 aromatic rings. The van der Waals surface area contributed by atoms with E-state index in [4.69, 9.17) is 22.7 Å². The number of allylic oxidation sites excluding steroid dienone is 1. The van der Waals surface area contributed by atoms with E-state index >= 15 is 0 Å². The summed E-state index contributed by atoms with van der Waals surface area (Å²) >= 11 is 6.99. The Labute approximate surface area is 196 Å². The number of nitrogens with two attached hydrogens (primary N) is 1. The van der Waals surface area contributed by atoms with Gasteiger partial charge in [0.25, 0.3) is 0 Å². The molecule has 5 nitrogen and oxygen atoms in total. The highest BCUT2D eigenvalue weighted by Crippen LogP contribution is 2.42. The Hall–Kier alpha value is -1.57. The third-order valence-electron chi connectivity index (χ3n) is 6.21. The van der Waals surface area contributed by atoms with Gasteiger partial charge in [0.2, 0.25) is 0 Å². The third kappa shape index (κ3) is 8.13. The Bertz CT molecular complexity index is 738. The van der Waals surface area contributed by atoms with Gasteiger partial charge >= 0.3 is 0 Å². The molecule has 0 spiro atoms. The van der Waals surface area contributed by atoms with Crippen molar-refractivity contribution in [1.82, 2.24) is 4.90 Å². The molecule has 31 heavy (non-hydrogen) atoms. The van der Waals surface area contributed by atoms with Crippen LogP contribution in [0.3, 0.4) is 0 Å². The van der Waals surface area contributed by atoms with Gasteiger partial charge in [0.1, 0.15) is 12.4 Å². The molecule has 1 saturated heterocycles. The summed E-state index contributed by atoms with van der Waals surface area (Å²) in [6.45, 7) is 8.05. The molecule has 3 rings (SSSR count). The SMILES string of the molecule is C=CCC1(CS/C(N)=N/C(=S)Nc2ccc(OCCN3CCCC3)cc2)CCCCC1. The Morgan fingerprint density at radius 3 is 2.58 bits per heavy atom. The molecule has 1 aliphatic carbocycles. The van der Waals surface area contributed by atoms with Gasteiger partial charge < -0.3 is 15.8 Å². The van der Waals surface area contributed by atoms with Crippen molar-refractivity contribution in [2.45, 2.75) is 51.4 Å². The van der Waals surface area contributed by atoms with Crippen molar-refractivity contribution in [2.75, 3.05) is 37.3 Å². The molecule has 0 amide bonds. The summed E-state index contributed by atoms with van der Waals surface area (Å²) in [5.74, 6) is 1.84. The maximum Gasteiger partial charge on any atom is 0.199 e. The van der Waals surface area contributed by atoms with Gasteiger partial charge in [-0.3, -0.25) is 4.90 Å². The van der Waals surface area contributed by atoms with Crippen LogP contribution in [0.2, 0.25) is 0 Å².